The van der Waals surface area contributed by atoms with E-state index in [0.717, 1.165) is 32.2 Å². The van der Waals surface area contributed by atoms with Gasteiger partial charge >= 0.3 is 6.01 Å². The lowest BCUT2D eigenvalue weighted by Crippen LogP contribution is -2.43. The lowest BCUT2D eigenvalue weighted by Gasteiger charge is -2.38. The second-order valence-electron chi connectivity index (χ2n) is 16.2. The molecule has 7 rings (SSSR count). The largest absolute Gasteiger partial charge is 0.508 e. The van der Waals surface area contributed by atoms with Gasteiger partial charge in [0.05, 0.1) is 16.5 Å². The fraction of sp³-hybridized carbons (Fsp3) is 0.525. The lowest BCUT2D eigenvalue weighted by molar-refractivity contribution is 0.107. The highest BCUT2D eigenvalue weighted by Gasteiger charge is 2.49. The van der Waals surface area contributed by atoms with Crippen LogP contribution in [0.25, 0.3) is 32.9 Å². The topological polar surface area (TPSA) is 83.4 Å². The Labute approximate surface area is 299 Å². The first-order valence-electron chi connectivity index (χ1n) is 18.3. The number of alkyl halides is 1. The summed E-state index contributed by atoms with van der Waals surface area (Å²) in [6.07, 6.45) is 4.62. The minimum Gasteiger partial charge on any atom is -0.508 e. The number of fused-ring (bicyclic) bond motifs is 3. The molecule has 0 bridgehead atoms. The second-order valence-corrected chi connectivity index (χ2v) is 21.8. The van der Waals surface area contributed by atoms with E-state index in [0.29, 0.717) is 51.6 Å². The number of ether oxygens (including phenoxy) is 1. The molecule has 2 aliphatic heterocycles. The predicted molar refractivity (Wildman–Crippen MR) is 200 cm³/mol. The van der Waals surface area contributed by atoms with Gasteiger partial charge in [0.25, 0.3) is 0 Å². The molecule has 2 N–H and O–H groups in total. The smallest absolute Gasteiger partial charge is 0.319 e. The number of phenolic OH excluding ortho intramolecular Hbond substituents is 1. The van der Waals surface area contributed by atoms with E-state index in [-0.39, 0.29) is 46.2 Å². The standard InChI is InChI=1S/C40H48F3N5O2Si/c1-23(2)51(24(3)4,25(5)6)16-11-29-32(42)10-9-26-17-28(49)18-30(33(26)29)35-34(43)36-31(20-44-35)37(47-39(7)13-14-39)46-38(45-36)50-22-40-12-8-15-48(40)21-27(41)19-40/h9-10,17-18,20,23-25,27,49H,8,12-15,19,21-22H2,1-7H3,(H,45,46,47)/t27-,40+/m1/s1. The van der Waals surface area contributed by atoms with Crippen molar-refractivity contribution in [3.63, 3.8) is 0 Å². The predicted octanol–water partition coefficient (Wildman–Crippen LogP) is 9.32. The summed E-state index contributed by atoms with van der Waals surface area (Å²) in [5.41, 5.74) is 4.22. The number of nitrogens with one attached hydrogen (secondary N) is 1. The Morgan fingerprint density at radius 3 is 2.47 bits per heavy atom. The number of hydrogen-bond acceptors (Lipinski definition) is 7. The zero-order chi connectivity index (χ0) is 36.5. The molecule has 2 atom stereocenters. The zero-order valence-electron chi connectivity index (χ0n) is 30.6. The highest BCUT2D eigenvalue weighted by atomic mass is 28.3. The number of pyridine rings is 1. The van der Waals surface area contributed by atoms with Crippen LogP contribution in [0.3, 0.4) is 0 Å². The SMILES string of the molecule is CC(C)[Si](C#Cc1c(F)ccc2cc(O)cc(-c3ncc4c(NC5(C)CC5)nc(OC[C@@]56CCCN5C[C@H](F)C6)nc4c3F)c12)(C(C)C)C(C)C. The van der Waals surface area contributed by atoms with Gasteiger partial charge in [-0.2, -0.15) is 9.97 Å². The molecule has 270 valence electrons. The van der Waals surface area contributed by atoms with E-state index in [1.54, 1.807) is 6.07 Å². The third-order valence-corrected chi connectivity index (χ3v) is 18.2. The van der Waals surface area contributed by atoms with E-state index in [1.165, 1.54) is 24.4 Å². The maximum absolute atomic E-state index is 17.1. The van der Waals surface area contributed by atoms with Gasteiger partial charge in [-0.15, -0.1) is 5.54 Å². The molecular formula is C40H48F3N5O2Si. The van der Waals surface area contributed by atoms with Crippen molar-refractivity contribution in [1.82, 2.24) is 19.9 Å². The Hall–Kier alpha value is -3.88. The Balaban J connectivity index is 1.39. The molecule has 3 fully saturated rings. The van der Waals surface area contributed by atoms with Gasteiger partial charge < -0.3 is 15.2 Å². The fourth-order valence-corrected chi connectivity index (χ4v) is 14.2. The van der Waals surface area contributed by atoms with Gasteiger partial charge in [-0.3, -0.25) is 9.88 Å². The number of aromatic hydroxyl groups is 1. The van der Waals surface area contributed by atoms with Crippen LogP contribution in [0.5, 0.6) is 11.8 Å². The number of anilines is 1. The monoisotopic (exact) mass is 715 g/mol. The van der Waals surface area contributed by atoms with Crippen LogP contribution in [0.4, 0.5) is 19.0 Å². The summed E-state index contributed by atoms with van der Waals surface area (Å²) < 4.78 is 53.7. The van der Waals surface area contributed by atoms with Crippen molar-refractivity contribution >= 4 is 35.6 Å². The summed E-state index contributed by atoms with van der Waals surface area (Å²) >= 11 is 0. The number of aromatic nitrogens is 3. The van der Waals surface area contributed by atoms with Gasteiger partial charge in [0.1, 0.15) is 49.4 Å². The zero-order valence-corrected chi connectivity index (χ0v) is 31.6. The number of nitrogens with zero attached hydrogens (tertiary/aromatic N) is 4. The molecule has 1 aliphatic carbocycles. The average molecular weight is 716 g/mol. The molecule has 7 nitrogen and oxygen atoms in total. The van der Waals surface area contributed by atoms with Crippen molar-refractivity contribution in [3.05, 3.63) is 47.7 Å². The number of benzene rings is 2. The normalized spacial score (nSPS) is 21.5. The third kappa shape index (κ3) is 6.22. The van der Waals surface area contributed by atoms with Crippen LogP contribution in [-0.4, -0.2) is 70.0 Å². The van der Waals surface area contributed by atoms with Gasteiger partial charge in [-0.1, -0.05) is 53.5 Å². The Kier molecular flexibility index (Phi) is 9.02. The Bertz CT molecular complexity index is 2050. The fourth-order valence-electron chi connectivity index (χ4n) is 8.97. The third-order valence-electron chi connectivity index (χ3n) is 11.9. The van der Waals surface area contributed by atoms with E-state index < -0.39 is 31.4 Å². The number of phenols is 1. The summed E-state index contributed by atoms with van der Waals surface area (Å²) in [7, 11) is -2.26. The second kappa shape index (κ2) is 13.0. The van der Waals surface area contributed by atoms with Gasteiger partial charge in [-0.05, 0) is 79.4 Å². The molecule has 4 heterocycles. The number of rotatable bonds is 9. The molecule has 51 heavy (non-hydrogen) atoms. The summed E-state index contributed by atoms with van der Waals surface area (Å²) in [4.78, 5) is 16.0. The minimum atomic E-state index is -2.26. The molecule has 11 heteroatoms. The van der Waals surface area contributed by atoms with Crippen LogP contribution in [0, 0.1) is 23.1 Å². The van der Waals surface area contributed by atoms with Crippen LogP contribution in [-0.2, 0) is 0 Å². The molecule has 2 saturated heterocycles. The quantitative estimate of drug-likeness (QED) is 0.132. The lowest BCUT2D eigenvalue weighted by atomic mass is 9.95. The highest BCUT2D eigenvalue weighted by Crippen LogP contribution is 2.44. The Morgan fingerprint density at radius 1 is 1.06 bits per heavy atom. The molecule has 1 saturated carbocycles. The average Bonchev–Trinajstić information content (AvgIpc) is 3.53. The maximum Gasteiger partial charge on any atom is 0.319 e. The molecular weight excluding hydrogens is 668 g/mol. The van der Waals surface area contributed by atoms with Crippen molar-refractivity contribution < 1.29 is 23.0 Å². The molecule has 2 aromatic heterocycles. The van der Waals surface area contributed by atoms with E-state index in [9.17, 15) is 9.50 Å². The van der Waals surface area contributed by atoms with Crippen LogP contribution in [0.2, 0.25) is 16.6 Å². The molecule has 2 aromatic carbocycles. The van der Waals surface area contributed by atoms with Gasteiger partial charge in [0, 0.05) is 35.7 Å². The Morgan fingerprint density at radius 2 is 1.78 bits per heavy atom. The molecule has 0 radical (unpaired) electrons. The first-order valence-corrected chi connectivity index (χ1v) is 20.5. The van der Waals surface area contributed by atoms with Crippen LogP contribution < -0.4 is 10.1 Å². The van der Waals surface area contributed by atoms with E-state index >= 15 is 8.78 Å². The van der Waals surface area contributed by atoms with Crippen LogP contribution in [0.1, 0.15) is 86.1 Å². The van der Waals surface area contributed by atoms with Crippen molar-refractivity contribution in [2.24, 2.45) is 0 Å². The molecule has 4 aromatic rings. The molecule has 3 aliphatic rings. The summed E-state index contributed by atoms with van der Waals surface area (Å²) in [6.45, 7) is 16.6. The van der Waals surface area contributed by atoms with Crippen molar-refractivity contribution in [2.75, 3.05) is 25.0 Å². The van der Waals surface area contributed by atoms with Gasteiger partial charge in [-0.25, -0.2) is 13.2 Å². The molecule has 0 unspecified atom stereocenters. The minimum absolute atomic E-state index is 0.00967. The van der Waals surface area contributed by atoms with Crippen LogP contribution in [0.15, 0.2) is 30.5 Å². The molecule has 0 spiro atoms. The van der Waals surface area contributed by atoms with Gasteiger partial charge in [0.2, 0.25) is 0 Å². The van der Waals surface area contributed by atoms with Crippen molar-refractivity contribution in [3.8, 4) is 34.5 Å². The first kappa shape index (κ1) is 35.5. The van der Waals surface area contributed by atoms with Gasteiger partial charge in [0.15, 0.2) is 5.82 Å². The highest BCUT2D eigenvalue weighted by molar-refractivity contribution is 6.90. The van der Waals surface area contributed by atoms with Crippen LogP contribution >= 0.6 is 0 Å². The first-order chi connectivity index (χ1) is 24.2. The number of hydrogen-bond donors (Lipinski definition) is 2. The van der Waals surface area contributed by atoms with Crippen molar-refractivity contribution in [2.45, 2.75) is 114 Å². The summed E-state index contributed by atoms with van der Waals surface area (Å²) in [6, 6.07) is 5.84. The summed E-state index contributed by atoms with van der Waals surface area (Å²) in [5.74, 6) is 2.28. The maximum atomic E-state index is 17.1. The van der Waals surface area contributed by atoms with E-state index in [4.69, 9.17) is 4.74 Å². The van der Waals surface area contributed by atoms with E-state index in [2.05, 4.69) is 85.1 Å². The summed E-state index contributed by atoms with van der Waals surface area (Å²) in [5, 5.41) is 15.6. The van der Waals surface area contributed by atoms with E-state index in [1.807, 2.05) is 0 Å². The number of halogens is 3. The molecule has 0 amide bonds. The van der Waals surface area contributed by atoms with Crippen molar-refractivity contribution in [1.29, 1.82) is 0 Å².